The highest BCUT2D eigenvalue weighted by atomic mass is 14.9. The van der Waals surface area contributed by atoms with Gasteiger partial charge in [-0.2, -0.15) is 0 Å². The zero-order chi connectivity index (χ0) is 37.0. The van der Waals surface area contributed by atoms with Gasteiger partial charge in [-0.3, -0.25) is 0 Å². The second-order valence-corrected chi connectivity index (χ2v) is 15.6. The third-order valence-electron chi connectivity index (χ3n) is 12.3. The van der Waals surface area contributed by atoms with Crippen molar-refractivity contribution in [1.29, 1.82) is 0 Å². The Morgan fingerprint density at radius 1 is 0.491 bits per heavy atom. The van der Waals surface area contributed by atoms with Crippen molar-refractivity contribution in [2.45, 2.75) is 37.6 Å². The van der Waals surface area contributed by atoms with Crippen molar-refractivity contribution < 1.29 is 0 Å². The third kappa shape index (κ3) is 5.22. The van der Waals surface area contributed by atoms with Crippen LogP contribution in [0.2, 0.25) is 0 Å². The smallest absolute Gasteiger partial charge is 0.0713 e. The molecule has 0 amide bonds. The van der Waals surface area contributed by atoms with Gasteiger partial charge in [-0.1, -0.05) is 196 Å². The SMILES string of the molecule is CC1(C)c2cc3ccccc3cc2-c2c(/C(=C/Cc3cccc4c3-c3ccccc3C4(c3ccccc3)c3ccccc3)NCc3ccccc3)cccc21. The Kier molecular flexibility index (Phi) is 7.92. The van der Waals surface area contributed by atoms with E-state index in [-0.39, 0.29) is 5.41 Å². The number of allylic oxidation sites excluding steroid dienone is 1. The molecule has 8 aromatic carbocycles. The molecule has 264 valence electrons. The molecule has 8 aromatic rings. The van der Waals surface area contributed by atoms with Crippen molar-refractivity contribution in [3.05, 3.63) is 244 Å². The van der Waals surface area contributed by atoms with Crippen LogP contribution in [0.5, 0.6) is 0 Å². The fraction of sp³-hybridized carbons (Fsp3) is 0.111. The van der Waals surface area contributed by atoms with Gasteiger partial charge >= 0.3 is 0 Å². The maximum Gasteiger partial charge on any atom is 0.0713 e. The summed E-state index contributed by atoms with van der Waals surface area (Å²) in [5, 5.41) is 6.54. The number of benzene rings is 8. The van der Waals surface area contributed by atoms with Crippen LogP contribution in [0.25, 0.3) is 38.7 Å². The van der Waals surface area contributed by atoms with Crippen molar-refractivity contribution in [3.8, 4) is 22.3 Å². The van der Waals surface area contributed by atoms with Crippen LogP contribution < -0.4 is 5.32 Å². The molecule has 10 rings (SSSR count). The molecule has 0 heterocycles. The fourth-order valence-electron chi connectivity index (χ4n) is 9.72. The lowest BCUT2D eigenvalue weighted by atomic mass is 9.67. The summed E-state index contributed by atoms with van der Waals surface area (Å²) in [7, 11) is 0. The fourth-order valence-corrected chi connectivity index (χ4v) is 9.72. The van der Waals surface area contributed by atoms with Crippen LogP contribution in [-0.4, -0.2) is 0 Å². The molecule has 0 spiro atoms. The molecule has 0 aliphatic heterocycles. The molecule has 0 aromatic heterocycles. The van der Waals surface area contributed by atoms with Gasteiger partial charge in [0.05, 0.1) is 5.41 Å². The molecule has 0 saturated heterocycles. The van der Waals surface area contributed by atoms with Crippen molar-refractivity contribution in [3.63, 3.8) is 0 Å². The third-order valence-corrected chi connectivity index (χ3v) is 12.3. The van der Waals surface area contributed by atoms with Gasteiger partial charge in [-0.25, -0.2) is 0 Å². The second-order valence-electron chi connectivity index (χ2n) is 15.6. The van der Waals surface area contributed by atoms with Crippen molar-refractivity contribution >= 4 is 16.5 Å². The molecular weight excluding hydrogens is 663 g/mol. The summed E-state index contributed by atoms with van der Waals surface area (Å²) in [6.07, 6.45) is 3.24. The van der Waals surface area contributed by atoms with E-state index in [4.69, 9.17) is 0 Å². The van der Waals surface area contributed by atoms with Crippen LogP contribution in [-0.2, 0) is 23.8 Å². The first-order valence-electron chi connectivity index (χ1n) is 19.5. The van der Waals surface area contributed by atoms with Crippen molar-refractivity contribution in [2.24, 2.45) is 0 Å². The van der Waals surface area contributed by atoms with Crippen molar-refractivity contribution in [2.75, 3.05) is 0 Å². The van der Waals surface area contributed by atoms with Gasteiger partial charge in [0.1, 0.15) is 0 Å². The summed E-state index contributed by atoms with van der Waals surface area (Å²) in [5.74, 6) is 0. The van der Waals surface area contributed by atoms with Gasteiger partial charge in [0, 0.05) is 23.2 Å². The van der Waals surface area contributed by atoms with E-state index in [1.54, 1.807) is 0 Å². The summed E-state index contributed by atoms with van der Waals surface area (Å²) >= 11 is 0. The molecule has 0 saturated carbocycles. The van der Waals surface area contributed by atoms with Gasteiger partial charge in [0.25, 0.3) is 0 Å². The Morgan fingerprint density at radius 2 is 1.07 bits per heavy atom. The van der Waals surface area contributed by atoms with E-state index in [1.807, 2.05) is 0 Å². The maximum absolute atomic E-state index is 3.96. The molecule has 2 aliphatic carbocycles. The zero-order valence-electron chi connectivity index (χ0n) is 31.4. The van der Waals surface area contributed by atoms with Crippen LogP contribution in [0, 0.1) is 0 Å². The normalized spacial score (nSPS) is 14.5. The highest BCUT2D eigenvalue weighted by Gasteiger charge is 2.46. The highest BCUT2D eigenvalue weighted by Crippen LogP contribution is 2.57. The van der Waals surface area contributed by atoms with Gasteiger partial charge < -0.3 is 5.32 Å². The Bertz CT molecular complexity index is 2700. The summed E-state index contributed by atoms with van der Waals surface area (Å²) < 4.78 is 0. The molecule has 0 atom stereocenters. The van der Waals surface area contributed by atoms with E-state index in [1.165, 1.54) is 88.8 Å². The first kappa shape index (κ1) is 33.2. The zero-order valence-corrected chi connectivity index (χ0v) is 31.4. The minimum atomic E-state index is -0.416. The molecule has 1 nitrogen and oxygen atoms in total. The molecule has 1 heteroatoms. The van der Waals surface area contributed by atoms with Gasteiger partial charge in [-0.15, -0.1) is 0 Å². The van der Waals surface area contributed by atoms with Crippen LogP contribution in [0.1, 0.15) is 63.9 Å². The Labute approximate surface area is 324 Å². The largest absolute Gasteiger partial charge is 0.381 e. The van der Waals surface area contributed by atoms with E-state index in [2.05, 4.69) is 213 Å². The Morgan fingerprint density at radius 3 is 1.80 bits per heavy atom. The molecule has 0 unspecified atom stereocenters. The predicted octanol–water partition coefficient (Wildman–Crippen LogP) is 12.9. The van der Waals surface area contributed by atoms with Gasteiger partial charge in [0.2, 0.25) is 0 Å². The topological polar surface area (TPSA) is 12.0 Å². The monoisotopic (exact) mass is 705 g/mol. The predicted molar refractivity (Wildman–Crippen MR) is 230 cm³/mol. The van der Waals surface area contributed by atoms with E-state index in [0.29, 0.717) is 0 Å². The molecular formula is C54H43N. The van der Waals surface area contributed by atoms with E-state index >= 15 is 0 Å². The van der Waals surface area contributed by atoms with Crippen LogP contribution in [0.15, 0.2) is 194 Å². The van der Waals surface area contributed by atoms with E-state index in [0.717, 1.165) is 13.0 Å². The second kappa shape index (κ2) is 13.1. The lowest BCUT2D eigenvalue weighted by Crippen LogP contribution is -2.28. The van der Waals surface area contributed by atoms with E-state index < -0.39 is 5.41 Å². The summed E-state index contributed by atoms with van der Waals surface area (Å²) in [5.41, 5.74) is 17.9. The maximum atomic E-state index is 3.96. The average Bonchev–Trinajstić information content (AvgIpc) is 3.67. The molecule has 0 fully saturated rings. The lowest BCUT2D eigenvalue weighted by Gasteiger charge is -2.34. The first-order chi connectivity index (χ1) is 27.0. The van der Waals surface area contributed by atoms with Gasteiger partial charge in [-0.05, 0) is 96.1 Å². The first-order valence-corrected chi connectivity index (χ1v) is 19.5. The number of nitrogens with one attached hydrogen (secondary N) is 1. The van der Waals surface area contributed by atoms with Crippen LogP contribution in [0.3, 0.4) is 0 Å². The molecule has 55 heavy (non-hydrogen) atoms. The minimum Gasteiger partial charge on any atom is -0.381 e. The van der Waals surface area contributed by atoms with Crippen LogP contribution in [0.4, 0.5) is 0 Å². The molecule has 0 bridgehead atoms. The number of fused-ring (bicyclic) bond motifs is 7. The van der Waals surface area contributed by atoms with Crippen molar-refractivity contribution in [1.82, 2.24) is 5.32 Å². The molecule has 1 N–H and O–H groups in total. The number of hydrogen-bond acceptors (Lipinski definition) is 1. The summed E-state index contributed by atoms with van der Waals surface area (Å²) in [4.78, 5) is 0. The highest BCUT2D eigenvalue weighted by molar-refractivity contribution is 5.97. The number of rotatable bonds is 8. The molecule has 0 radical (unpaired) electrons. The lowest BCUT2D eigenvalue weighted by molar-refractivity contribution is 0.661. The minimum absolute atomic E-state index is 0.114. The standard InChI is InChI=1S/C54H43N/c1-53(2)47-30-17-28-44(52(47)45-34-39-20-12-13-21-40(39)35-49(45)53)50(55-36-37-18-6-3-7-19-37)33-32-38-22-16-31-48-51(38)43-27-14-15-29-46(43)54(48,41-23-8-4-9-24-41)42-25-10-5-11-26-42/h3-31,33-35,55H,32,36H2,1-2H3/b50-33-. The summed E-state index contributed by atoms with van der Waals surface area (Å²) in [6, 6.07) is 69.5. The quantitative estimate of drug-likeness (QED) is 0.166. The number of hydrogen-bond donors (Lipinski definition) is 1. The Balaban J connectivity index is 1.16. The van der Waals surface area contributed by atoms with Crippen LogP contribution >= 0.6 is 0 Å². The van der Waals surface area contributed by atoms with Gasteiger partial charge in [0.15, 0.2) is 0 Å². The summed E-state index contributed by atoms with van der Waals surface area (Å²) in [6.45, 7) is 5.51. The Hall–Kier alpha value is -6.44. The molecule has 2 aliphatic rings. The average molecular weight is 706 g/mol. The van der Waals surface area contributed by atoms with E-state index in [9.17, 15) is 0 Å².